The van der Waals surface area contributed by atoms with Crippen LogP contribution in [0.2, 0.25) is 0 Å². The van der Waals surface area contributed by atoms with Gasteiger partial charge in [0.2, 0.25) is 5.91 Å². The summed E-state index contributed by atoms with van der Waals surface area (Å²) in [6.07, 6.45) is 4.96. The van der Waals surface area contributed by atoms with Crippen LogP contribution >= 0.6 is 0 Å². The van der Waals surface area contributed by atoms with Crippen molar-refractivity contribution in [1.29, 1.82) is 0 Å². The lowest BCUT2D eigenvalue weighted by Gasteiger charge is -2.41. The first-order valence-corrected chi connectivity index (χ1v) is 8.88. The van der Waals surface area contributed by atoms with Crippen LogP contribution in [-0.2, 0) is 11.2 Å². The van der Waals surface area contributed by atoms with E-state index in [0.29, 0.717) is 6.42 Å². The molecule has 2 N–H and O–H groups in total. The molecule has 1 amide bonds. The molecule has 1 aromatic rings. The molecule has 0 aromatic heterocycles. The molecule has 0 bridgehead atoms. The number of ether oxygens (including phenoxy) is 1. The van der Waals surface area contributed by atoms with Crippen molar-refractivity contribution in [1.82, 2.24) is 10.7 Å². The summed E-state index contributed by atoms with van der Waals surface area (Å²) in [5.74, 6) is 1.01. The maximum absolute atomic E-state index is 11.9. The number of amides is 1. The highest BCUT2D eigenvalue weighted by molar-refractivity contribution is 6.06. The molecule has 0 radical (unpaired) electrons. The Morgan fingerprint density at radius 3 is 2.71 bits per heavy atom. The summed E-state index contributed by atoms with van der Waals surface area (Å²) in [6.45, 7) is 6.00. The molecule has 3 aliphatic rings. The fourth-order valence-electron chi connectivity index (χ4n) is 3.91. The molecular formula is C19H25N3O2. The van der Waals surface area contributed by atoms with E-state index in [-0.39, 0.29) is 11.5 Å². The van der Waals surface area contributed by atoms with Gasteiger partial charge in [0.25, 0.3) is 0 Å². The van der Waals surface area contributed by atoms with Gasteiger partial charge in [-0.3, -0.25) is 4.79 Å². The minimum absolute atomic E-state index is 0.0135. The first-order valence-electron chi connectivity index (χ1n) is 8.88. The van der Waals surface area contributed by atoms with Crippen LogP contribution in [0, 0.1) is 5.41 Å². The SMILES string of the molecule is CC1(C)CC(c2ccc3c(c2)CCC2(CCNCC2)O3)=NNC1=O. The van der Waals surface area contributed by atoms with E-state index in [1.807, 2.05) is 13.8 Å². The van der Waals surface area contributed by atoms with Gasteiger partial charge in [-0.25, -0.2) is 5.43 Å². The number of benzene rings is 1. The molecule has 0 aliphatic carbocycles. The summed E-state index contributed by atoms with van der Waals surface area (Å²) >= 11 is 0. The molecular weight excluding hydrogens is 302 g/mol. The largest absolute Gasteiger partial charge is 0.487 e. The lowest BCUT2D eigenvalue weighted by molar-refractivity contribution is -0.129. The predicted molar refractivity (Wildman–Crippen MR) is 93.3 cm³/mol. The van der Waals surface area contributed by atoms with Gasteiger partial charge in [-0.15, -0.1) is 0 Å². The number of carbonyl (C=O) groups is 1. The highest BCUT2D eigenvalue weighted by atomic mass is 16.5. The van der Waals surface area contributed by atoms with E-state index in [2.05, 4.69) is 34.0 Å². The maximum Gasteiger partial charge on any atom is 0.246 e. The zero-order valence-electron chi connectivity index (χ0n) is 14.4. The number of nitrogens with one attached hydrogen (secondary N) is 2. The zero-order chi connectivity index (χ0) is 16.8. The van der Waals surface area contributed by atoms with Crippen LogP contribution in [0.25, 0.3) is 0 Å². The molecule has 3 aliphatic heterocycles. The van der Waals surface area contributed by atoms with Crippen molar-refractivity contribution in [3.05, 3.63) is 29.3 Å². The Bertz CT molecular complexity index is 703. The topological polar surface area (TPSA) is 62.7 Å². The lowest BCUT2D eigenvalue weighted by atomic mass is 9.81. The number of fused-ring (bicyclic) bond motifs is 1. The third-order valence-electron chi connectivity index (χ3n) is 5.60. The first kappa shape index (κ1) is 15.6. The van der Waals surface area contributed by atoms with Crippen LogP contribution in [-0.4, -0.2) is 30.3 Å². The zero-order valence-corrected chi connectivity index (χ0v) is 14.4. The van der Waals surface area contributed by atoms with Gasteiger partial charge in [-0.05, 0) is 68.1 Å². The fraction of sp³-hybridized carbons (Fsp3) is 0.579. The van der Waals surface area contributed by atoms with Gasteiger partial charge in [-0.1, -0.05) is 13.8 Å². The molecule has 1 saturated heterocycles. The predicted octanol–water partition coefficient (Wildman–Crippen LogP) is 2.38. The smallest absolute Gasteiger partial charge is 0.246 e. The molecule has 1 fully saturated rings. The van der Waals surface area contributed by atoms with E-state index in [1.54, 1.807) is 0 Å². The standard InChI is InChI=1S/C19H25N3O2/c1-18(2)12-15(21-22-17(18)23)13-3-4-16-14(11-13)5-6-19(24-16)7-9-20-10-8-19/h3-4,11,20H,5-10,12H2,1-2H3,(H,22,23). The molecule has 0 atom stereocenters. The van der Waals surface area contributed by atoms with Crippen molar-refractivity contribution in [3.63, 3.8) is 0 Å². The Morgan fingerprint density at radius 2 is 1.96 bits per heavy atom. The van der Waals surface area contributed by atoms with E-state index in [0.717, 1.165) is 55.8 Å². The van der Waals surface area contributed by atoms with E-state index in [1.165, 1.54) is 5.56 Å². The number of hydrogen-bond donors (Lipinski definition) is 2. The molecule has 1 spiro atoms. The van der Waals surface area contributed by atoms with Crippen molar-refractivity contribution >= 4 is 11.6 Å². The molecule has 128 valence electrons. The number of piperidine rings is 1. The Labute approximate surface area is 142 Å². The summed E-state index contributed by atoms with van der Waals surface area (Å²) in [6, 6.07) is 6.35. The highest BCUT2D eigenvalue weighted by Crippen LogP contribution is 2.39. The fourth-order valence-corrected chi connectivity index (χ4v) is 3.91. The quantitative estimate of drug-likeness (QED) is 0.832. The molecule has 24 heavy (non-hydrogen) atoms. The van der Waals surface area contributed by atoms with Crippen LogP contribution in [0.5, 0.6) is 5.75 Å². The second-order valence-electron chi connectivity index (χ2n) is 7.92. The van der Waals surface area contributed by atoms with Gasteiger partial charge in [0, 0.05) is 6.42 Å². The molecule has 4 rings (SSSR count). The normalized spacial score (nSPS) is 24.6. The maximum atomic E-state index is 11.9. The highest BCUT2D eigenvalue weighted by Gasteiger charge is 2.38. The number of rotatable bonds is 1. The van der Waals surface area contributed by atoms with Crippen LogP contribution in [0.15, 0.2) is 23.3 Å². The van der Waals surface area contributed by atoms with Gasteiger partial charge in [0.15, 0.2) is 0 Å². The Balaban J connectivity index is 1.58. The van der Waals surface area contributed by atoms with Gasteiger partial charge in [-0.2, -0.15) is 5.10 Å². The molecule has 5 nitrogen and oxygen atoms in total. The van der Waals surface area contributed by atoms with Gasteiger partial charge in [0.05, 0.1) is 11.1 Å². The van der Waals surface area contributed by atoms with Crippen molar-refractivity contribution in [2.75, 3.05) is 13.1 Å². The average molecular weight is 327 g/mol. The molecule has 0 saturated carbocycles. The van der Waals surface area contributed by atoms with Crippen LogP contribution < -0.4 is 15.5 Å². The van der Waals surface area contributed by atoms with Crippen molar-refractivity contribution in [2.45, 2.75) is 51.6 Å². The summed E-state index contributed by atoms with van der Waals surface area (Å²) in [5.41, 5.74) is 5.57. The Morgan fingerprint density at radius 1 is 1.17 bits per heavy atom. The van der Waals surface area contributed by atoms with E-state index in [9.17, 15) is 4.79 Å². The van der Waals surface area contributed by atoms with Crippen molar-refractivity contribution in [2.24, 2.45) is 10.5 Å². The molecule has 0 unspecified atom stereocenters. The minimum Gasteiger partial charge on any atom is -0.487 e. The molecule has 5 heteroatoms. The van der Waals surface area contributed by atoms with Gasteiger partial charge in [0.1, 0.15) is 11.4 Å². The minimum atomic E-state index is -0.414. The molecule has 1 aromatic carbocycles. The average Bonchev–Trinajstić information content (AvgIpc) is 2.57. The first-order chi connectivity index (χ1) is 11.5. The third-order valence-corrected chi connectivity index (χ3v) is 5.60. The van der Waals surface area contributed by atoms with Crippen LogP contribution in [0.3, 0.4) is 0 Å². The lowest BCUT2D eigenvalue weighted by Crippen LogP contribution is -2.48. The number of carbonyl (C=O) groups excluding carboxylic acids is 1. The van der Waals surface area contributed by atoms with E-state index < -0.39 is 5.41 Å². The van der Waals surface area contributed by atoms with Crippen molar-refractivity contribution < 1.29 is 9.53 Å². The number of hydrogen-bond acceptors (Lipinski definition) is 4. The van der Waals surface area contributed by atoms with Crippen LogP contribution in [0.4, 0.5) is 0 Å². The second kappa shape index (κ2) is 5.59. The summed E-state index contributed by atoms with van der Waals surface area (Å²) < 4.78 is 6.41. The second-order valence-corrected chi connectivity index (χ2v) is 7.92. The van der Waals surface area contributed by atoms with E-state index >= 15 is 0 Å². The Kier molecular flexibility index (Phi) is 3.64. The molecule has 3 heterocycles. The summed E-state index contributed by atoms with van der Waals surface area (Å²) in [4.78, 5) is 11.9. The van der Waals surface area contributed by atoms with E-state index in [4.69, 9.17) is 4.74 Å². The van der Waals surface area contributed by atoms with Crippen molar-refractivity contribution in [3.8, 4) is 5.75 Å². The Hall–Kier alpha value is -1.88. The monoisotopic (exact) mass is 327 g/mol. The summed E-state index contributed by atoms with van der Waals surface area (Å²) in [7, 11) is 0. The number of hydrazone groups is 1. The number of nitrogens with zero attached hydrogens (tertiary/aromatic N) is 1. The number of aryl methyl sites for hydroxylation is 1. The third kappa shape index (κ3) is 2.71. The summed E-state index contributed by atoms with van der Waals surface area (Å²) in [5, 5.41) is 7.69. The van der Waals surface area contributed by atoms with Gasteiger partial charge < -0.3 is 10.1 Å². The van der Waals surface area contributed by atoms with Gasteiger partial charge >= 0.3 is 0 Å². The van der Waals surface area contributed by atoms with Crippen LogP contribution in [0.1, 0.15) is 50.7 Å².